The number of likely N-dealkylation sites (tertiary alicyclic amines) is 1. The van der Waals surface area contributed by atoms with Crippen LogP contribution >= 0.6 is 0 Å². The third-order valence-corrected chi connectivity index (χ3v) is 4.37. The molecule has 0 spiro atoms. The maximum atomic E-state index is 12.6. The van der Waals surface area contributed by atoms with Crippen molar-refractivity contribution in [3.05, 3.63) is 48.3 Å². The van der Waals surface area contributed by atoms with E-state index in [0.29, 0.717) is 30.3 Å². The fourth-order valence-electron chi connectivity index (χ4n) is 2.96. The average Bonchev–Trinajstić information content (AvgIpc) is 3.03. The maximum Gasteiger partial charge on any atom is 0.229 e. The number of nitrogens with one attached hydrogen (secondary N) is 1. The summed E-state index contributed by atoms with van der Waals surface area (Å²) < 4.78 is 10.5. The molecule has 1 saturated heterocycles. The maximum absolute atomic E-state index is 12.6. The van der Waals surface area contributed by atoms with Crippen molar-refractivity contribution in [2.75, 3.05) is 26.1 Å². The number of anilines is 1. The van der Waals surface area contributed by atoms with Crippen molar-refractivity contribution < 1.29 is 19.1 Å². The summed E-state index contributed by atoms with van der Waals surface area (Å²) in [7, 11) is 3.09. The molecule has 2 amide bonds. The predicted octanol–water partition coefficient (Wildman–Crippen LogP) is 2.09. The lowest BCUT2D eigenvalue weighted by molar-refractivity contribution is -0.128. The van der Waals surface area contributed by atoms with Gasteiger partial charge in [-0.05, 0) is 29.8 Å². The summed E-state index contributed by atoms with van der Waals surface area (Å²) in [5.41, 5.74) is 1.51. The average molecular weight is 355 g/mol. The Hall–Kier alpha value is -3.09. The van der Waals surface area contributed by atoms with Crippen LogP contribution in [-0.2, 0) is 16.1 Å². The molecule has 1 aliphatic heterocycles. The summed E-state index contributed by atoms with van der Waals surface area (Å²) in [5.74, 6) is 0.516. The number of ether oxygens (including phenoxy) is 2. The smallest absolute Gasteiger partial charge is 0.229 e. The Morgan fingerprint density at radius 3 is 2.69 bits per heavy atom. The molecule has 0 bridgehead atoms. The predicted molar refractivity (Wildman–Crippen MR) is 95.9 cm³/mol. The van der Waals surface area contributed by atoms with Gasteiger partial charge in [0.1, 0.15) is 11.5 Å². The first-order valence-electron chi connectivity index (χ1n) is 8.30. The van der Waals surface area contributed by atoms with Gasteiger partial charge >= 0.3 is 0 Å². The van der Waals surface area contributed by atoms with E-state index < -0.39 is 5.92 Å². The Morgan fingerprint density at radius 1 is 1.23 bits per heavy atom. The number of methoxy groups -OCH3 is 2. The molecule has 26 heavy (non-hydrogen) atoms. The van der Waals surface area contributed by atoms with E-state index in [1.54, 1.807) is 42.6 Å². The van der Waals surface area contributed by atoms with Crippen LogP contribution in [0.5, 0.6) is 11.5 Å². The first kappa shape index (κ1) is 17.7. The molecule has 1 unspecified atom stereocenters. The van der Waals surface area contributed by atoms with E-state index in [1.165, 1.54) is 7.11 Å². The minimum absolute atomic E-state index is 0.0282. The van der Waals surface area contributed by atoms with Crippen LogP contribution in [0.4, 0.5) is 5.69 Å². The van der Waals surface area contributed by atoms with Crippen molar-refractivity contribution >= 4 is 17.5 Å². The van der Waals surface area contributed by atoms with E-state index in [1.807, 2.05) is 12.1 Å². The first-order valence-corrected chi connectivity index (χ1v) is 8.30. The highest BCUT2D eigenvalue weighted by molar-refractivity contribution is 5.98. The molecule has 1 N–H and O–H groups in total. The van der Waals surface area contributed by atoms with E-state index in [2.05, 4.69) is 10.3 Å². The molecule has 1 fully saturated rings. The molecule has 1 aromatic carbocycles. The molecule has 1 aromatic heterocycles. The van der Waals surface area contributed by atoms with Crippen molar-refractivity contribution in [2.24, 2.45) is 5.92 Å². The van der Waals surface area contributed by atoms with Gasteiger partial charge in [0.15, 0.2) is 0 Å². The van der Waals surface area contributed by atoms with Crippen LogP contribution in [0.3, 0.4) is 0 Å². The third kappa shape index (κ3) is 3.93. The van der Waals surface area contributed by atoms with Gasteiger partial charge in [-0.3, -0.25) is 14.6 Å². The van der Waals surface area contributed by atoms with Crippen LogP contribution in [0.2, 0.25) is 0 Å². The quantitative estimate of drug-likeness (QED) is 0.858. The van der Waals surface area contributed by atoms with Crippen LogP contribution in [0.1, 0.15) is 12.0 Å². The first-order chi connectivity index (χ1) is 12.6. The number of amides is 2. The number of carbonyl (C=O) groups is 2. The Bertz CT molecular complexity index is 795. The highest BCUT2D eigenvalue weighted by Crippen LogP contribution is 2.30. The molecule has 1 aliphatic rings. The fraction of sp³-hybridized carbons (Fsp3) is 0.316. The molecule has 3 rings (SSSR count). The Morgan fingerprint density at radius 2 is 2.00 bits per heavy atom. The van der Waals surface area contributed by atoms with Crippen molar-refractivity contribution in [3.63, 3.8) is 0 Å². The van der Waals surface area contributed by atoms with Crippen LogP contribution in [0, 0.1) is 5.92 Å². The summed E-state index contributed by atoms with van der Waals surface area (Å²) >= 11 is 0. The summed E-state index contributed by atoms with van der Waals surface area (Å²) in [6, 6.07) is 8.90. The Labute approximate surface area is 151 Å². The van der Waals surface area contributed by atoms with Crippen LogP contribution < -0.4 is 14.8 Å². The third-order valence-electron chi connectivity index (χ3n) is 4.37. The number of nitrogens with zero attached hydrogens (tertiary/aromatic N) is 2. The Balaban J connectivity index is 1.67. The lowest BCUT2D eigenvalue weighted by atomic mass is 10.1. The largest absolute Gasteiger partial charge is 0.497 e. The van der Waals surface area contributed by atoms with Crippen LogP contribution in [-0.4, -0.2) is 42.5 Å². The number of aromatic nitrogens is 1. The molecule has 2 aromatic rings. The van der Waals surface area contributed by atoms with E-state index in [4.69, 9.17) is 9.47 Å². The van der Waals surface area contributed by atoms with Gasteiger partial charge in [-0.15, -0.1) is 0 Å². The number of hydrogen-bond acceptors (Lipinski definition) is 5. The van der Waals surface area contributed by atoms with Gasteiger partial charge in [0.2, 0.25) is 11.8 Å². The molecule has 0 radical (unpaired) electrons. The standard InChI is InChI=1S/C19H21N3O4/c1-25-15-3-4-17(26-2)16(10-15)21-19(24)14-9-18(23)22(12-14)11-13-5-7-20-8-6-13/h3-8,10,14H,9,11-12H2,1-2H3,(H,21,24). The summed E-state index contributed by atoms with van der Waals surface area (Å²) in [6.07, 6.45) is 3.58. The van der Waals surface area contributed by atoms with E-state index >= 15 is 0 Å². The lowest BCUT2D eigenvalue weighted by Crippen LogP contribution is -2.28. The second-order valence-corrected chi connectivity index (χ2v) is 6.09. The normalized spacial score (nSPS) is 16.5. The number of rotatable bonds is 6. The van der Waals surface area contributed by atoms with Crippen molar-refractivity contribution in [1.82, 2.24) is 9.88 Å². The number of carbonyl (C=O) groups excluding carboxylic acids is 2. The minimum atomic E-state index is -0.403. The zero-order valence-corrected chi connectivity index (χ0v) is 14.8. The highest BCUT2D eigenvalue weighted by Gasteiger charge is 2.34. The second kappa shape index (κ2) is 7.86. The van der Waals surface area contributed by atoms with Crippen molar-refractivity contribution in [2.45, 2.75) is 13.0 Å². The SMILES string of the molecule is COc1ccc(OC)c(NC(=O)C2CC(=O)N(Cc3ccncc3)C2)c1. The van der Waals surface area contributed by atoms with Gasteiger partial charge in [-0.25, -0.2) is 0 Å². The lowest BCUT2D eigenvalue weighted by Gasteiger charge is -2.17. The molecular weight excluding hydrogens is 334 g/mol. The van der Waals surface area contributed by atoms with Gasteiger partial charge in [-0.1, -0.05) is 0 Å². The molecule has 0 saturated carbocycles. The van der Waals surface area contributed by atoms with Crippen LogP contribution in [0.25, 0.3) is 0 Å². The van der Waals surface area contributed by atoms with E-state index in [0.717, 1.165) is 5.56 Å². The number of hydrogen-bond donors (Lipinski definition) is 1. The molecular formula is C19H21N3O4. The molecule has 2 heterocycles. The number of benzene rings is 1. The molecule has 7 nitrogen and oxygen atoms in total. The molecule has 0 aliphatic carbocycles. The van der Waals surface area contributed by atoms with Crippen LogP contribution in [0.15, 0.2) is 42.7 Å². The summed E-state index contributed by atoms with van der Waals surface area (Å²) in [5, 5.41) is 2.85. The van der Waals surface area contributed by atoms with Gasteiger partial charge in [-0.2, -0.15) is 0 Å². The molecule has 7 heteroatoms. The monoisotopic (exact) mass is 355 g/mol. The number of pyridine rings is 1. The zero-order valence-electron chi connectivity index (χ0n) is 14.8. The summed E-state index contributed by atoms with van der Waals surface area (Å²) in [4.78, 5) is 30.6. The van der Waals surface area contributed by atoms with E-state index in [-0.39, 0.29) is 18.2 Å². The van der Waals surface area contributed by atoms with Crippen molar-refractivity contribution in [3.8, 4) is 11.5 Å². The van der Waals surface area contributed by atoms with Gasteiger partial charge in [0.25, 0.3) is 0 Å². The second-order valence-electron chi connectivity index (χ2n) is 6.09. The topological polar surface area (TPSA) is 80.8 Å². The Kier molecular flexibility index (Phi) is 5.36. The highest BCUT2D eigenvalue weighted by atomic mass is 16.5. The van der Waals surface area contributed by atoms with E-state index in [9.17, 15) is 9.59 Å². The van der Waals surface area contributed by atoms with Gasteiger partial charge < -0.3 is 19.7 Å². The zero-order chi connectivity index (χ0) is 18.5. The molecule has 136 valence electrons. The van der Waals surface area contributed by atoms with Gasteiger partial charge in [0, 0.05) is 38.0 Å². The fourth-order valence-corrected chi connectivity index (χ4v) is 2.96. The van der Waals surface area contributed by atoms with Crippen molar-refractivity contribution in [1.29, 1.82) is 0 Å². The summed E-state index contributed by atoms with van der Waals surface area (Å²) in [6.45, 7) is 0.868. The van der Waals surface area contributed by atoms with Gasteiger partial charge in [0.05, 0.1) is 25.8 Å². The molecule has 1 atom stereocenters. The minimum Gasteiger partial charge on any atom is -0.497 e.